The van der Waals surface area contributed by atoms with Crippen molar-refractivity contribution in [2.75, 3.05) is 34.9 Å². The second-order valence-corrected chi connectivity index (χ2v) is 10.6. The third-order valence-corrected chi connectivity index (χ3v) is 7.49. The average molecular weight is 592 g/mol. The summed E-state index contributed by atoms with van der Waals surface area (Å²) in [5.74, 6) is 0.963. The summed E-state index contributed by atoms with van der Waals surface area (Å²) >= 11 is 0. The highest BCUT2D eigenvalue weighted by Crippen LogP contribution is 2.27. The molecule has 226 valence electrons. The van der Waals surface area contributed by atoms with Gasteiger partial charge in [-0.2, -0.15) is 10.1 Å². The Hall–Kier alpha value is -5.45. The van der Waals surface area contributed by atoms with Crippen molar-refractivity contribution in [1.82, 2.24) is 25.1 Å². The second kappa shape index (κ2) is 13.7. The molecule has 0 saturated carbocycles. The summed E-state index contributed by atoms with van der Waals surface area (Å²) in [5.41, 5.74) is 11.4. The van der Waals surface area contributed by atoms with Crippen molar-refractivity contribution >= 4 is 57.2 Å². The zero-order chi connectivity index (χ0) is 31.1. The van der Waals surface area contributed by atoms with E-state index in [-0.39, 0.29) is 11.8 Å². The van der Waals surface area contributed by atoms with Crippen LogP contribution in [0.4, 0.5) is 34.5 Å². The molecule has 0 aliphatic heterocycles. The number of carbonyl (C=O) groups is 2. The summed E-state index contributed by atoms with van der Waals surface area (Å²) in [6.07, 6.45) is 4.45. The van der Waals surface area contributed by atoms with E-state index < -0.39 is 0 Å². The monoisotopic (exact) mass is 591 g/mol. The molecule has 0 bridgehead atoms. The highest BCUT2D eigenvalue weighted by Gasteiger charge is 2.12. The first kappa shape index (κ1) is 30.0. The minimum Gasteiger partial charge on any atom is -0.397 e. The van der Waals surface area contributed by atoms with Gasteiger partial charge in [0.15, 0.2) is 0 Å². The zero-order valence-corrected chi connectivity index (χ0v) is 25.2. The molecule has 3 aromatic carbocycles. The van der Waals surface area contributed by atoms with E-state index in [9.17, 15) is 9.59 Å². The Kier molecular flexibility index (Phi) is 9.34. The Balaban J connectivity index is 1.07. The maximum absolute atomic E-state index is 12.6. The zero-order valence-electron chi connectivity index (χ0n) is 25.2. The molecule has 44 heavy (non-hydrogen) atoms. The van der Waals surface area contributed by atoms with Crippen LogP contribution in [0.1, 0.15) is 41.7 Å². The summed E-state index contributed by atoms with van der Waals surface area (Å²) in [6.45, 7) is 2.59. The van der Waals surface area contributed by atoms with Crippen molar-refractivity contribution in [3.05, 3.63) is 90.3 Å². The molecular formula is C33H37N9O2. The Morgan fingerprint density at radius 2 is 1.77 bits per heavy atom. The third kappa shape index (κ3) is 7.30. The number of nitrogens with zero attached hydrogens (tertiary/aromatic N) is 5. The number of nitrogen functional groups attached to an aromatic ring is 1. The standard InChI is InChI=1S/C33H37N9O2/c1-22-26-17-16-25(21-29(26)40-42(22)3)41(2)30-18-20-36-33(39-30)37-24-14-12-23(13-15-24)32(44)35-19-8-4-5-11-31(43)38-28-10-7-6-9-27(28)34/h6-7,9-10,12-18,20-21H,4-5,8,11,19,34H2,1-3H3,(H,35,44)(H,38,43)(H,36,37,39). The molecule has 5 rings (SSSR count). The van der Waals surface area contributed by atoms with Crippen molar-refractivity contribution in [3.63, 3.8) is 0 Å². The molecule has 2 heterocycles. The molecule has 0 aliphatic carbocycles. The number of hydrogen-bond donors (Lipinski definition) is 4. The smallest absolute Gasteiger partial charge is 0.251 e. The van der Waals surface area contributed by atoms with Crippen LogP contribution in [0.25, 0.3) is 10.9 Å². The van der Waals surface area contributed by atoms with Crippen LogP contribution in [0.5, 0.6) is 0 Å². The lowest BCUT2D eigenvalue weighted by Gasteiger charge is -2.19. The molecular weight excluding hydrogens is 554 g/mol. The number of amides is 2. The van der Waals surface area contributed by atoms with Gasteiger partial charge in [0.05, 0.1) is 16.9 Å². The number of fused-ring (bicyclic) bond motifs is 1. The summed E-state index contributed by atoms with van der Waals surface area (Å²) < 4.78 is 1.88. The molecule has 5 aromatic rings. The molecule has 0 fully saturated rings. The quantitative estimate of drug-likeness (QED) is 0.107. The minimum absolute atomic E-state index is 0.0673. The third-order valence-electron chi connectivity index (χ3n) is 7.49. The number of anilines is 6. The van der Waals surface area contributed by atoms with Crippen LogP contribution in [0, 0.1) is 6.92 Å². The highest BCUT2D eigenvalue weighted by atomic mass is 16.2. The fourth-order valence-corrected chi connectivity index (χ4v) is 4.81. The van der Waals surface area contributed by atoms with Crippen molar-refractivity contribution in [3.8, 4) is 0 Å². The van der Waals surface area contributed by atoms with Crippen LogP contribution in [-0.2, 0) is 11.8 Å². The first-order valence-electron chi connectivity index (χ1n) is 14.6. The fraction of sp³-hybridized carbons (Fsp3) is 0.242. The van der Waals surface area contributed by atoms with Gasteiger partial charge in [-0.05, 0) is 80.4 Å². The molecule has 0 saturated heterocycles. The van der Waals surface area contributed by atoms with E-state index in [2.05, 4.69) is 50.1 Å². The van der Waals surface area contributed by atoms with Crippen molar-refractivity contribution in [2.45, 2.75) is 32.6 Å². The van der Waals surface area contributed by atoms with Crippen molar-refractivity contribution < 1.29 is 9.59 Å². The Bertz CT molecular complexity index is 1770. The topological polar surface area (TPSA) is 143 Å². The van der Waals surface area contributed by atoms with E-state index >= 15 is 0 Å². The fourth-order valence-electron chi connectivity index (χ4n) is 4.81. The van der Waals surface area contributed by atoms with E-state index in [1.807, 2.05) is 60.1 Å². The number of aromatic nitrogens is 4. The molecule has 2 aromatic heterocycles. The summed E-state index contributed by atoms with van der Waals surface area (Å²) in [5, 5.41) is 14.7. The van der Waals surface area contributed by atoms with Crippen LogP contribution in [0.2, 0.25) is 0 Å². The van der Waals surface area contributed by atoms with Crippen LogP contribution in [0.15, 0.2) is 79.0 Å². The number of unbranched alkanes of at least 4 members (excludes halogenated alkanes) is 2. The molecule has 5 N–H and O–H groups in total. The average Bonchev–Trinajstić information content (AvgIpc) is 3.32. The highest BCUT2D eigenvalue weighted by molar-refractivity contribution is 5.95. The van der Waals surface area contributed by atoms with Gasteiger partial charge in [-0.15, -0.1) is 0 Å². The molecule has 0 unspecified atom stereocenters. The first-order valence-corrected chi connectivity index (χ1v) is 14.6. The molecule has 2 amide bonds. The lowest BCUT2D eigenvalue weighted by atomic mass is 10.1. The van der Waals surface area contributed by atoms with E-state index in [1.165, 1.54) is 0 Å². The van der Waals surface area contributed by atoms with Gasteiger partial charge in [-0.1, -0.05) is 18.6 Å². The van der Waals surface area contributed by atoms with Gasteiger partial charge in [0, 0.05) is 61.3 Å². The van der Waals surface area contributed by atoms with Crippen molar-refractivity contribution in [2.24, 2.45) is 7.05 Å². The normalized spacial score (nSPS) is 10.9. The molecule has 0 radical (unpaired) electrons. The molecule has 0 aliphatic rings. The Morgan fingerprint density at radius 3 is 2.57 bits per heavy atom. The van der Waals surface area contributed by atoms with Gasteiger partial charge < -0.3 is 26.6 Å². The van der Waals surface area contributed by atoms with Gasteiger partial charge in [-0.25, -0.2) is 4.98 Å². The Labute approximate surface area is 256 Å². The number of nitrogens with one attached hydrogen (secondary N) is 3. The van der Waals surface area contributed by atoms with E-state index in [0.29, 0.717) is 35.9 Å². The predicted octanol–water partition coefficient (Wildman–Crippen LogP) is 5.69. The maximum atomic E-state index is 12.6. The van der Waals surface area contributed by atoms with E-state index in [4.69, 9.17) is 5.73 Å². The number of carbonyl (C=O) groups excluding carboxylic acids is 2. The first-order chi connectivity index (χ1) is 21.3. The maximum Gasteiger partial charge on any atom is 0.251 e. The summed E-state index contributed by atoms with van der Waals surface area (Å²) in [7, 11) is 3.90. The number of para-hydroxylation sites is 2. The molecule has 0 atom stereocenters. The van der Waals surface area contributed by atoms with Crippen LogP contribution < -0.4 is 26.6 Å². The molecule has 11 nitrogen and oxygen atoms in total. The largest absolute Gasteiger partial charge is 0.397 e. The van der Waals surface area contributed by atoms with E-state index in [0.717, 1.165) is 53.1 Å². The van der Waals surface area contributed by atoms with Gasteiger partial charge in [-0.3, -0.25) is 14.3 Å². The summed E-state index contributed by atoms with van der Waals surface area (Å²) in [6, 6.07) is 22.4. The van der Waals surface area contributed by atoms with Gasteiger partial charge >= 0.3 is 0 Å². The van der Waals surface area contributed by atoms with Crippen molar-refractivity contribution in [1.29, 1.82) is 0 Å². The van der Waals surface area contributed by atoms with Gasteiger partial charge in [0.25, 0.3) is 5.91 Å². The van der Waals surface area contributed by atoms with E-state index in [1.54, 1.807) is 30.5 Å². The number of nitrogens with two attached hydrogens (primary N) is 1. The second-order valence-electron chi connectivity index (χ2n) is 10.6. The summed E-state index contributed by atoms with van der Waals surface area (Å²) in [4.78, 5) is 35.8. The number of rotatable bonds is 12. The Morgan fingerprint density at radius 1 is 0.977 bits per heavy atom. The van der Waals surface area contributed by atoms with Crippen LogP contribution in [-0.4, -0.2) is 45.2 Å². The van der Waals surface area contributed by atoms with Gasteiger partial charge in [0.1, 0.15) is 5.82 Å². The van der Waals surface area contributed by atoms with Crippen LogP contribution >= 0.6 is 0 Å². The SMILES string of the molecule is Cc1c2ccc(N(C)c3ccnc(Nc4ccc(C(=O)NCCCCCC(=O)Nc5ccccc5N)cc4)n3)cc2nn1C. The molecule has 11 heteroatoms. The minimum atomic E-state index is -0.145. The number of benzene rings is 3. The number of aryl methyl sites for hydroxylation is 2. The number of hydrogen-bond acceptors (Lipinski definition) is 8. The van der Waals surface area contributed by atoms with Crippen LogP contribution in [0.3, 0.4) is 0 Å². The predicted molar refractivity (Wildman–Crippen MR) is 176 cm³/mol. The lowest BCUT2D eigenvalue weighted by molar-refractivity contribution is -0.116. The van der Waals surface area contributed by atoms with Gasteiger partial charge in [0.2, 0.25) is 11.9 Å². The lowest BCUT2D eigenvalue weighted by Crippen LogP contribution is -2.24. The molecule has 0 spiro atoms.